The van der Waals surface area contributed by atoms with Crippen LogP contribution in [-0.2, 0) is 4.79 Å². The van der Waals surface area contributed by atoms with E-state index in [2.05, 4.69) is 5.32 Å². The van der Waals surface area contributed by atoms with Crippen molar-refractivity contribution >= 4 is 11.9 Å². The molecule has 1 aliphatic rings. The van der Waals surface area contributed by atoms with Crippen LogP contribution in [0.25, 0.3) is 0 Å². The van der Waals surface area contributed by atoms with Gasteiger partial charge in [0.2, 0.25) is 5.91 Å². The molecule has 1 rings (SSSR count). The van der Waals surface area contributed by atoms with Crippen LogP contribution in [0.5, 0.6) is 0 Å². The van der Waals surface area contributed by atoms with Crippen molar-refractivity contribution in [3.8, 4) is 0 Å². The minimum absolute atomic E-state index is 0.127. The highest BCUT2D eigenvalue weighted by molar-refractivity contribution is 5.90. The molecule has 1 heterocycles. The molecule has 1 N–H and O–H groups in total. The van der Waals surface area contributed by atoms with E-state index in [0.29, 0.717) is 6.54 Å². The molecular weight excluding hydrogens is 313 g/mol. The number of halogens is 3. The Morgan fingerprint density at radius 2 is 1.87 bits per heavy atom. The summed E-state index contributed by atoms with van der Waals surface area (Å²) in [6.45, 7) is 5.91. The van der Waals surface area contributed by atoms with Gasteiger partial charge in [0, 0.05) is 33.2 Å². The van der Waals surface area contributed by atoms with Gasteiger partial charge in [0.05, 0.1) is 6.42 Å². The van der Waals surface area contributed by atoms with E-state index in [1.165, 1.54) is 16.8 Å². The van der Waals surface area contributed by atoms with Crippen LogP contribution in [0.15, 0.2) is 0 Å². The van der Waals surface area contributed by atoms with E-state index in [-0.39, 0.29) is 25.7 Å². The maximum atomic E-state index is 12.5. The summed E-state index contributed by atoms with van der Waals surface area (Å²) in [5, 5.41) is 2.52. The Balaban J connectivity index is 2.72. The molecule has 9 heteroatoms. The van der Waals surface area contributed by atoms with Crippen LogP contribution < -0.4 is 5.32 Å². The fourth-order valence-electron chi connectivity index (χ4n) is 2.45. The molecule has 23 heavy (non-hydrogen) atoms. The summed E-state index contributed by atoms with van der Waals surface area (Å²) in [5.41, 5.74) is 0. The highest BCUT2D eigenvalue weighted by atomic mass is 19.4. The van der Waals surface area contributed by atoms with Gasteiger partial charge in [-0.3, -0.25) is 4.79 Å². The number of urea groups is 1. The van der Waals surface area contributed by atoms with Gasteiger partial charge in [-0.25, -0.2) is 4.79 Å². The number of carbonyl (C=O) groups is 2. The zero-order valence-electron chi connectivity index (χ0n) is 13.8. The lowest BCUT2D eigenvalue weighted by Crippen LogP contribution is -2.49. The number of alkyl halides is 3. The second-order valence-corrected chi connectivity index (χ2v) is 5.53. The van der Waals surface area contributed by atoms with Gasteiger partial charge in [-0.2, -0.15) is 13.2 Å². The first kappa shape index (κ1) is 19.5. The SMILES string of the molecule is CCN(CC)CCN(CCC(F)(F)F)C(=O)C1CNC(=O)N1C. The standard InChI is InChI=1S/C14H25F3N4O2/c1-4-20(5-2)8-9-21(7-6-14(15,16)17)12(22)11-10-18-13(23)19(11)3/h11H,4-10H2,1-3H3,(H,18,23). The van der Waals surface area contributed by atoms with Gasteiger partial charge >= 0.3 is 12.2 Å². The van der Waals surface area contributed by atoms with Crippen molar-refractivity contribution in [1.82, 2.24) is 20.0 Å². The summed E-state index contributed by atoms with van der Waals surface area (Å²) in [7, 11) is 1.47. The van der Waals surface area contributed by atoms with Crippen molar-refractivity contribution in [2.24, 2.45) is 0 Å². The number of rotatable bonds is 8. The minimum Gasteiger partial charge on any atom is -0.339 e. The molecule has 1 atom stereocenters. The summed E-state index contributed by atoms with van der Waals surface area (Å²) >= 11 is 0. The molecule has 0 aromatic rings. The molecule has 1 unspecified atom stereocenters. The van der Waals surface area contributed by atoms with Crippen LogP contribution >= 0.6 is 0 Å². The van der Waals surface area contributed by atoms with Gasteiger partial charge in [-0.15, -0.1) is 0 Å². The van der Waals surface area contributed by atoms with Crippen molar-refractivity contribution in [1.29, 1.82) is 0 Å². The molecule has 0 bridgehead atoms. The molecule has 0 radical (unpaired) electrons. The van der Waals surface area contributed by atoms with E-state index < -0.39 is 24.5 Å². The molecule has 3 amide bonds. The molecule has 0 aromatic carbocycles. The Morgan fingerprint density at radius 3 is 2.30 bits per heavy atom. The van der Waals surface area contributed by atoms with Gasteiger partial charge < -0.3 is 20.0 Å². The lowest BCUT2D eigenvalue weighted by Gasteiger charge is -2.30. The highest BCUT2D eigenvalue weighted by Crippen LogP contribution is 2.20. The second kappa shape index (κ2) is 8.37. The zero-order chi connectivity index (χ0) is 17.6. The molecule has 0 aromatic heterocycles. The van der Waals surface area contributed by atoms with E-state index in [1.807, 2.05) is 18.7 Å². The Labute approximate surface area is 134 Å². The second-order valence-electron chi connectivity index (χ2n) is 5.53. The summed E-state index contributed by atoms with van der Waals surface area (Å²) < 4.78 is 37.5. The number of likely N-dealkylation sites (N-methyl/N-ethyl adjacent to an activating group) is 2. The average molecular weight is 338 g/mol. The molecule has 134 valence electrons. The molecule has 1 saturated heterocycles. The summed E-state index contributed by atoms with van der Waals surface area (Å²) in [4.78, 5) is 28.4. The minimum atomic E-state index is -4.32. The number of amides is 3. The lowest BCUT2D eigenvalue weighted by molar-refractivity contribution is -0.147. The Morgan fingerprint density at radius 1 is 1.26 bits per heavy atom. The third-order valence-corrected chi connectivity index (χ3v) is 4.08. The van der Waals surface area contributed by atoms with Crippen LogP contribution in [0.1, 0.15) is 20.3 Å². The Bertz CT molecular complexity index is 413. The van der Waals surface area contributed by atoms with Crippen molar-refractivity contribution in [2.75, 3.05) is 46.3 Å². The lowest BCUT2D eigenvalue weighted by atomic mass is 10.2. The fraction of sp³-hybridized carbons (Fsp3) is 0.857. The summed E-state index contributed by atoms with van der Waals surface area (Å²) in [6, 6.07) is -1.13. The molecule has 0 saturated carbocycles. The highest BCUT2D eigenvalue weighted by Gasteiger charge is 2.37. The average Bonchev–Trinajstić information content (AvgIpc) is 2.81. The molecule has 0 aliphatic carbocycles. The van der Waals surface area contributed by atoms with Crippen LogP contribution in [0, 0.1) is 0 Å². The van der Waals surface area contributed by atoms with Crippen LogP contribution in [-0.4, -0.2) is 85.2 Å². The number of nitrogens with one attached hydrogen (secondary N) is 1. The molecule has 0 spiro atoms. The zero-order valence-corrected chi connectivity index (χ0v) is 13.8. The first-order valence-electron chi connectivity index (χ1n) is 7.78. The molecule has 1 aliphatic heterocycles. The van der Waals surface area contributed by atoms with Crippen LogP contribution in [0.3, 0.4) is 0 Å². The predicted molar refractivity (Wildman–Crippen MR) is 80.0 cm³/mol. The van der Waals surface area contributed by atoms with Gasteiger partial charge in [0.25, 0.3) is 0 Å². The number of hydrogen-bond acceptors (Lipinski definition) is 3. The summed E-state index contributed by atoms with van der Waals surface area (Å²) in [6.07, 6.45) is -5.36. The van der Waals surface area contributed by atoms with Gasteiger partial charge in [-0.05, 0) is 13.1 Å². The maximum absolute atomic E-state index is 12.5. The third kappa shape index (κ3) is 5.89. The normalized spacial score (nSPS) is 18.5. The largest absolute Gasteiger partial charge is 0.390 e. The van der Waals surface area contributed by atoms with Gasteiger partial charge in [-0.1, -0.05) is 13.8 Å². The van der Waals surface area contributed by atoms with Crippen molar-refractivity contribution in [3.05, 3.63) is 0 Å². The Kier molecular flexibility index (Phi) is 7.11. The van der Waals surface area contributed by atoms with Crippen molar-refractivity contribution < 1.29 is 22.8 Å². The number of hydrogen-bond donors (Lipinski definition) is 1. The smallest absolute Gasteiger partial charge is 0.339 e. The number of nitrogens with zero attached hydrogens (tertiary/aromatic N) is 3. The number of carbonyl (C=O) groups excluding carboxylic acids is 2. The van der Waals surface area contributed by atoms with Gasteiger partial charge in [0.15, 0.2) is 0 Å². The maximum Gasteiger partial charge on any atom is 0.390 e. The van der Waals surface area contributed by atoms with Gasteiger partial charge in [0.1, 0.15) is 6.04 Å². The molecule has 6 nitrogen and oxygen atoms in total. The quantitative estimate of drug-likeness (QED) is 0.722. The van der Waals surface area contributed by atoms with E-state index in [1.54, 1.807) is 0 Å². The van der Waals surface area contributed by atoms with Crippen molar-refractivity contribution in [2.45, 2.75) is 32.5 Å². The van der Waals surface area contributed by atoms with E-state index >= 15 is 0 Å². The van der Waals surface area contributed by atoms with E-state index in [4.69, 9.17) is 0 Å². The third-order valence-electron chi connectivity index (χ3n) is 4.08. The predicted octanol–water partition coefficient (Wildman–Crippen LogP) is 1.13. The van der Waals surface area contributed by atoms with Crippen LogP contribution in [0.4, 0.5) is 18.0 Å². The van der Waals surface area contributed by atoms with E-state index in [0.717, 1.165) is 13.1 Å². The molecule has 1 fully saturated rings. The fourth-order valence-corrected chi connectivity index (χ4v) is 2.45. The van der Waals surface area contributed by atoms with Crippen molar-refractivity contribution in [3.63, 3.8) is 0 Å². The summed E-state index contributed by atoms with van der Waals surface area (Å²) in [5.74, 6) is -0.442. The monoisotopic (exact) mass is 338 g/mol. The first-order valence-corrected chi connectivity index (χ1v) is 7.78. The molecular formula is C14H25F3N4O2. The Hall–Kier alpha value is -1.51. The first-order chi connectivity index (χ1) is 10.7. The topological polar surface area (TPSA) is 55.9 Å². The van der Waals surface area contributed by atoms with E-state index in [9.17, 15) is 22.8 Å². The van der Waals surface area contributed by atoms with Crippen LogP contribution in [0.2, 0.25) is 0 Å².